The van der Waals surface area contributed by atoms with Crippen molar-refractivity contribution in [3.63, 3.8) is 0 Å². The van der Waals surface area contributed by atoms with Crippen LogP contribution in [0, 0.1) is 5.92 Å². The van der Waals surface area contributed by atoms with E-state index in [9.17, 15) is 9.59 Å². The highest BCUT2D eigenvalue weighted by Crippen LogP contribution is 2.21. The fourth-order valence-electron chi connectivity index (χ4n) is 2.63. The van der Waals surface area contributed by atoms with Crippen LogP contribution in [-0.4, -0.2) is 23.5 Å². The first-order chi connectivity index (χ1) is 10.1. The average Bonchev–Trinajstić information content (AvgIpc) is 2.41. The Bertz CT molecular complexity index is 279. The van der Waals surface area contributed by atoms with Crippen LogP contribution in [0.1, 0.15) is 84.5 Å². The molecular weight excluding hydrogens is 266 g/mol. The van der Waals surface area contributed by atoms with Crippen LogP contribution in [0.2, 0.25) is 0 Å². The summed E-state index contributed by atoms with van der Waals surface area (Å²) in [6.45, 7) is 4.43. The SMILES string of the molecule is CCCCCCCCC(CCCCNC(C)=O)CC(=O)O. The molecule has 0 aromatic rings. The maximum atomic E-state index is 10.9. The summed E-state index contributed by atoms with van der Waals surface area (Å²) in [5.74, 6) is -0.386. The first-order valence-corrected chi connectivity index (χ1v) is 8.52. The van der Waals surface area contributed by atoms with Crippen molar-refractivity contribution in [1.82, 2.24) is 5.32 Å². The lowest BCUT2D eigenvalue weighted by atomic mass is 9.92. The van der Waals surface area contributed by atoms with Crippen LogP contribution in [0.5, 0.6) is 0 Å². The van der Waals surface area contributed by atoms with Crippen LogP contribution in [0.3, 0.4) is 0 Å². The second-order valence-electron chi connectivity index (χ2n) is 6.00. The summed E-state index contributed by atoms with van der Waals surface area (Å²) in [5, 5.41) is 11.8. The maximum Gasteiger partial charge on any atom is 0.303 e. The van der Waals surface area contributed by atoms with Crippen molar-refractivity contribution < 1.29 is 14.7 Å². The van der Waals surface area contributed by atoms with E-state index in [2.05, 4.69) is 12.2 Å². The molecule has 0 fully saturated rings. The molecule has 0 aliphatic rings. The van der Waals surface area contributed by atoms with E-state index in [-0.39, 0.29) is 12.3 Å². The summed E-state index contributed by atoms with van der Waals surface area (Å²) in [5.41, 5.74) is 0. The number of amides is 1. The van der Waals surface area contributed by atoms with Crippen molar-refractivity contribution in [2.45, 2.75) is 84.5 Å². The highest BCUT2D eigenvalue weighted by Gasteiger charge is 2.12. The van der Waals surface area contributed by atoms with Gasteiger partial charge >= 0.3 is 5.97 Å². The van der Waals surface area contributed by atoms with Gasteiger partial charge in [-0.15, -0.1) is 0 Å². The van der Waals surface area contributed by atoms with E-state index in [0.29, 0.717) is 12.5 Å². The van der Waals surface area contributed by atoms with Gasteiger partial charge < -0.3 is 10.4 Å². The number of carboxylic acid groups (broad SMARTS) is 1. The quantitative estimate of drug-likeness (QED) is 0.474. The van der Waals surface area contributed by atoms with Crippen LogP contribution in [0.4, 0.5) is 0 Å². The minimum absolute atomic E-state index is 0.00386. The average molecular weight is 299 g/mol. The molecule has 0 heterocycles. The normalized spacial score (nSPS) is 12.1. The van der Waals surface area contributed by atoms with Gasteiger partial charge in [-0.25, -0.2) is 0 Å². The number of aliphatic carboxylic acids is 1. The van der Waals surface area contributed by atoms with Crippen LogP contribution in [0.25, 0.3) is 0 Å². The molecule has 0 saturated heterocycles. The van der Waals surface area contributed by atoms with E-state index in [1.807, 2.05) is 0 Å². The third-order valence-corrected chi connectivity index (χ3v) is 3.84. The molecule has 1 unspecified atom stereocenters. The first kappa shape index (κ1) is 19.9. The Kier molecular flexibility index (Phi) is 13.2. The number of carboxylic acids is 1. The van der Waals surface area contributed by atoms with E-state index in [1.165, 1.54) is 39.0 Å². The Morgan fingerprint density at radius 3 is 2.10 bits per heavy atom. The van der Waals surface area contributed by atoms with E-state index in [0.717, 1.165) is 32.1 Å². The molecule has 2 N–H and O–H groups in total. The third kappa shape index (κ3) is 15.2. The van der Waals surface area contributed by atoms with Crippen molar-refractivity contribution in [3.8, 4) is 0 Å². The molecule has 0 aliphatic heterocycles. The van der Waals surface area contributed by atoms with Crippen LogP contribution >= 0.6 is 0 Å². The van der Waals surface area contributed by atoms with Gasteiger partial charge in [0, 0.05) is 19.9 Å². The molecule has 0 bridgehead atoms. The molecule has 0 aromatic carbocycles. The number of unbranched alkanes of at least 4 members (excludes halogenated alkanes) is 6. The Labute approximate surface area is 129 Å². The standard InChI is InChI=1S/C17H33NO3/c1-3-4-5-6-7-8-11-16(14-17(20)21)12-9-10-13-18-15(2)19/h16H,3-14H2,1-2H3,(H,18,19)(H,20,21). The van der Waals surface area contributed by atoms with Crippen LogP contribution < -0.4 is 5.32 Å². The fraction of sp³-hybridized carbons (Fsp3) is 0.882. The zero-order valence-electron chi connectivity index (χ0n) is 13.8. The van der Waals surface area contributed by atoms with Crippen molar-refractivity contribution in [1.29, 1.82) is 0 Å². The van der Waals surface area contributed by atoms with Gasteiger partial charge in [-0.3, -0.25) is 9.59 Å². The summed E-state index contributed by atoms with van der Waals surface area (Å²) < 4.78 is 0. The zero-order chi connectivity index (χ0) is 15.9. The Morgan fingerprint density at radius 1 is 0.952 bits per heavy atom. The number of nitrogens with one attached hydrogen (secondary N) is 1. The predicted molar refractivity (Wildman–Crippen MR) is 86.3 cm³/mol. The van der Waals surface area contributed by atoms with Gasteiger partial charge in [0.2, 0.25) is 5.91 Å². The van der Waals surface area contributed by atoms with Gasteiger partial charge in [-0.05, 0) is 25.2 Å². The molecule has 4 heteroatoms. The molecular formula is C17H33NO3. The molecule has 0 saturated carbocycles. The van der Waals surface area contributed by atoms with Crippen molar-refractivity contribution in [3.05, 3.63) is 0 Å². The molecule has 0 spiro atoms. The minimum atomic E-state index is -0.687. The van der Waals surface area contributed by atoms with Gasteiger partial charge in [-0.1, -0.05) is 51.9 Å². The summed E-state index contributed by atoms with van der Waals surface area (Å²) in [6.07, 6.45) is 11.7. The monoisotopic (exact) mass is 299 g/mol. The number of hydrogen-bond donors (Lipinski definition) is 2. The third-order valence-electron chi connectivity index (χ3n) is 3.84. The Hall–Kier alpha value is -1.06. The van der Waals surface area contributed by atoms with E-state index in [1.54, 1.807) is 0 Å². The maximum absolute atomic E-state index is 10.9. The molecule has 0 aliphatic carbocycles. The van der Waals surface area contributed by atoms with Crippen LogP contribution in [0.15, 0.2) is 0 Å². The van der Waals surface area contributed by atoms with Crippen LogP contribution in [-0.2, 0) is 9.59 Å². The molecule has 124 valence electrons. The lowest BCUT2D eigenvalue weighted by molar-refractivity contribution is -0.138. The Balaban J connectivity index is 3.71. The summed E-state index contributed by atoms with van der Waals surface area (Å²) in [6, 6.07) is 0. The number of rotatable bonds is 14. The topological polar surface area (TPSA) is 66.4 Å². The van der Waals surface area contributed by atoms with Gasteiger partial charge in [0.25, 0.3) is 0 Å². The van der Waals surface area contributed by atoms with Crippen molar-refractivity contribution in [2.24, 2.45) is 5.92 Å². The number of hydrogen-bond acceptors (Lipinski definition) is 2. The first-order valence-electron chi connectivity index (χ1n) is 8.52. The molecule has 0 aromatic heterocycles. The molecule has 0 radical (unpaired) electrons. The van der Waals surface area contributed by atoms with Gasteiger partial charge in [0.05, 0.1) is 0 Å². The van der Waals surface area contributed by atoms with Gasteiger partial charge in [0.1, 0.15) is 0 Å². The largest absolute Gasteiger partial charge is 0.481 e. The molecule has 1 amide bonds. The highest BCUT2D eigenvalue weighted by atomic mass is 16.4. The Morgan fingerprint density at radius 2 is 1.52 bits per heavy atom. The molecule has 4 nitrogen and oxygen atoms in total. The molecule has 1 atom stereocenters. The predicted octanol–water partition coefficient (Wildman–Crippen LogP) is 4.13. The van der Waals surface area contributed by atoms with Crippen molar-refractivity contribution >= 4 is 11.9 Å². The summed E-state index contributed by atoms with van der Waals surface area (Å²) >= 11 is 0. The summed E-state index contributed by atoms with van der Waals surface area (Å²) in [7, 11) is 0. The summed E-state index contributed by atoms with van der Waals surface area (Å²) in [4.78, 5) is 21.7. The molecule has 0 rings (SSSR count). The van der Waals surface area contributed by atoms with Crippen molar-refractivity contribution in [2.75, 3.05) is 6.54 Å². The van der Waals surface area contributed by atoms with Gasteiger partial charge in [-0.2, -0.15) is 0 Å². The fourth-order valence-corrected chi connectivity index (χ4v) is 2.63. The number of carbonyl (C=O) groups excluding carboxylic acids is 1. The lowest BCUT2D eigenvalue weighted by Gasteiger charge is -2.14. The van der Waals surface area contributed by atoms with E-state index < -0.39 is 5.97 Å². The lowest BCUT2D eigenvalue weighted by Crippen LogP contribution is -2.21. The minimum Gasteiger partial charge on any atom is -0.481 e. The number of carbonyl (C=O) groups is 2. The smallest absolute Gasteiger partial charge is 0.303 e. The van der Waals surface area contributed by atoms with E-state index >= 15 is 0 Å². The second kappa shape index (κ2) is 13.9. The zero-order valence-corrected chi connectivity index (χ0v) is 13.8. The van der Waals surface area contributed by atoms with E-state index in [4.69, 9.17) is 5.11 Å². The van der Waals surface area contributed by atoms with Gasteiger partial charge in [0.15, 0.2) is 0 Å². The highest BCUT2D eigenvalue weighted by molar-refractivity contribution is 5.72. The molecule has 21 heavy (non-hydrogen) atoms. The second-order valence-corrected chi connectivity index (χ2v) is 6.00.